The monoisotopic (exact) mass is 160 g/mol. The van der Waals surface area contributed by atoms with Gasteiger partial charge in [-0.3, -0.25) is 5.43 Å². The van der Waals surface area contributed by atoms with E-state index in [2.05, 4.69) is 5.43 Å². The number of rotatable bonds is 0. The molecule has 0 aromatic rings. The molecule has 0 aliphatic carbocycles. The first-order valence-corrected chi connectivity index (χ1v) is 2.90. The predicted octanol–water partition coefficient (Wildman–Crippen LogP) is 1.08. The molecule has 0 spiro atoms. The Kier molecular flexibility index (Phi) is 1.82. The highest BCUT2D eigenvalue weighted by molar-refractivity contribution is 6.31. The van der Waals surface area contributed by atoms with Crippen molar-refractivity contribution in [1.29, 1.82) is 0 Å². The van der Waals surface area contributed by atoms with Crippen LogP contribution >= 0.6 is 11.6 Å². The van der Waals surface area contributed by atoms with Crippen molar-refractivity contribution in [3.8, 4) is 0 Å². The second-order valence-corrected chi connectivity index (χ2v) is 2.07. The number of hydrogen-bond acceptors (Lipinski definition) is 2. The van der Waals surface area contributed by atoms with E-state index in [1.807, 2.05) is 0 Å². The quantitative estimate of drug-likeness (QED) is 0.558. The van der Waals surface area contributed by atoms with E-state index < -0.39 is 6.09 Å². The highest BCUT2D eigenvalue weighted by Crippen LogP contribution is 2.07. The maximum absolute atomic E-state index is 10.2. The molecule has 54 valence electrons. The van der Waals surface area contributed by atoms with Gasteiger partial charge in [-0.15, -0.1) is 0 Å². The highest BCUT2D eigenvalue weighted by atomic mass is 35.5. The van der Waals surface area contributed by atoms with Crippen LogP contribution in [0.1, 0.15) is 0 Å². The minimum atomic E-state index is -1.09. The fraction of sp³-hybridized carbons (Fsp3) is 0. The Bertz CT molecular complexity index is 212. The lowest BCUT2D eigenvalue weighted by Crippen LogP contribution is -2.35. The molecule has 0 atom stereocenters. The van der Waals surface area contributed by atoms with Crippen molar-refractivity contribution in [2.75, 3.05) is 0 Å². The SMILES string of the molecule is O=C(O)N1C=C(Cl)C=CN1. The van der Waals surface area contributed by atoms with Crippen molar-refractivity contribution >= 4 is 17.7 Å². The Balaban J connectivity index is 2.69. The Hall–Kier alpha value is -1.16. The largest absolute Gasteiger partial charge is 0.463 e. The molecule has 0 aromatic carbocycles. The van der Waals surface area contributed by atoms with Gasteiger partial charge in [0, 0.05) is 6.20 Å². The fourth-order valence-corrected chi connectivity index (χ4v) is 0.672. The van der Waals surface area contributed by atoms with Gasteiger partial charge in [0.25, 0.3) is 0 Å². The molecule has 1 rings (SSSR count). The molecule has 0 aromatic heterocycles. The van der Waals surface area contributed by atoms with E-state index in [0.29, 0.717) is 5.03 Å². The summed E-state index contributed by atoms with van der Waals surface area (Å²) in [5.41, 5.74) is 2.44. The number of hydrazine groups is 1. The number of halogens is 1. The Labute approximate surface area is 62.4 Å². The first-order chi connectivity index (χ1) is 4.70. The van der Waals surface area contributed by atoms with Crippen LogP contribution in [0.2, 0.25) is 0 Å². The van der Waals surface area contributed by atoms with Crippen LogP contribution in [0.15, 0.2) is 23.5 Å². The third-order valence-electron chi connectivity index (χ3n) is 0.915. The van der Waals surface area contributed by atoms with Gasteiger partial charge in [-0.25, -0.2) is 4.79 Å². The number of allylic oxidation sites excluding steroid dienone is 2. The molecular formula is C5H5ClN2O2. The zero-order valence-electron chi connectivity index (χ0n) is 4.91. The van der Waals surface area contributed by atoms with E-state index >= 15 is 0 Å². The van der Waals surface area contributed by atoms with E-state index in [1.165, 1.54) is 12.4 Å². The summed E-state index contributed by atoms with van der Waals surface area (Å²) in [5.74, 6) is 0. The summed E-state index contributed by atoms with van der Waals surface area (Å²) in [6.07, 6.45) is 3.17. The number of hydrogen-bond donors (Lipinski definition) is 2. The van der Waals surface area contributed by atoms with Crippen molar-refractivity contribution in [2.45, 2.75) is 0 Å². The Morgan fingerprint density at radius 2 is 2.50 bits per heavy atom. The minimum Gasteiger partial charge on any atom is -0.463 e. The van der Waals surface area contributed by atoms with Gasteiger partial charge in [0.15, 0.2) is 0 Å². The second-order valence-electron chi connectivity index (χ2n) is 1.63. The summed E-state index contributed by atoms with van der Waals surface area (Å²) in [5, 5.41) is 9.62. The molecule has 0 fully saturated rings. The highest BCUT2D eigenvalue weighted by Gasteiger charge is 2.08. The standard InChI is InChI=1S/C5H5ClN2O2/c6-4-1-2-7-8(3-4)5(9)10/h1-3,7H,(H,9,10). The lowest BCUT2D eigenvalue weighted by Gasteiger charge is -2.16. The van der Waals surface area contributed by atoms with Crippen molar-refractivity contribution in [3.05, 3.63) is 23.5 Å². The molecule has 1 aliphatic rings. The van der Waals surface area contributed by atoms with E-state index in [1.54, 1.807) is 6.08 Å². The zero-order chi connectivity index (χ0) is 7.56. The molecule has 4 nitrogen and oxygen atoms in total. The maximum atomic E-state index is 10.2. The van der Waals surface area contributed by atoms with Crippen LogP contribution in [0.4, 0.5) is 4.79 Å². The molecule has 0 saturated heterocycles. The molecule has 1 aliphatic heterocycles. The van der Waals surface area contributed by atoms with Crippen LogP contribution in [0.25, 0.3) is 0 Å². The molecule has 0 bridgehead atoms. The molecule has 0 radical (unpaired) electrons. The molecule has 1 amide bonds. The van der Waals surface area contributed by atoms with Crippen molar-refractivity contribution < 1.29 is 9.90 Å². The van der Waals surface area contributed by atoms with Gasteiger partial charge in [0.1, 0.15) is 0 Å². The third-order valence-corrected chi connectivity index (χ3v) is 1.14. The Morgan fingerprint density at radius 1 is 1.80 bits per heavy atom. The average Bonchev–Trinajstić information content (AvgIpc) is 1.88. The van der Waals surface area contributed by atoms with Gasteiger partial charge in [0.05, 0.1) is 11.2 Å². The van der Waals surface area contributed by atoms with Gasteiger partial charge in [-0.05, 0) is 6.08 Å². The minimum absolute atomic E-state index is 0.376. The van der Waals surface area contributed by atoms with Gasteiger partial charge in [-0.1, -0.05) is 11.6 Å². The third kappa shape index (κ3) is 1.41. The lowest BCUT2D eigenvalue weighted by atomic mass is 10.5. The number of nitrogens with zero attached hydrogens (tertiary/aromatic N) is 1. The van der Waals surface area contributed by atoms with Gasteiger partial charge < -0.3 is 5.11 Å². The number of carbonyl (C=O) groups is 1. The van der Waals surface area contributed by atoms with E-state index in [0.717, 1.165) is 5.01 Å². The molecule has 10 heavy (non-hydrogen) atoms. The zero-order valence-corrected chi connectivity index (χ0v) is 5.67. The summed E-state index contributed by atoms with van der Waals surface area (Å²) >= 11 is 5.48. The van der Waals surface area contributed by atoms with Crippen molar-refractivity contribution in [1.82, 2.24) is 10.4 Å². The maximum Gasteiger partial charge on any atom is 0.430 e. The summed E-state index contributed by atoms with van der Waals surface area (Å²) in [4.78, 5) is 10.2. The lowest BCUT2D eigenvalue weighted by molar-refractivity contribution is 0.152. The van der Waals surface area contributed by atoms with Gasteiger partial charge >= 0.3 is 6.09 Å². The van der Waals surface area contributed by atoms with Crippen LogP contribution in [0, 0.1) is 0 Å². The summed E-state index contributed by atoms with van der Waals surface area (Å²) in [6.45, 7) is 0. The van der Waals surface area contributed by atoms with Crippen molar-refractivity contribution in [2.24, 2.45) is 0 Å². The molecule has 0 unspecified atom stereocenters. The normalized spacial score (nSPS) is 16.1. The predicted molar refractivity (Wildman–Crippen MR) is 36.1 cm³/mol. The second kappa shape index (κ2) is 2.62. The van der Waals surface area contributed by atoms with E-state index in [4.69, 9.17) is 16.7 Å². The van der Waals surface area contributed by atoms with Crippen LogP contribution in [0.3, 0.4) is 0 Å². The molecule has 5 heteroatoms. The first-order valence-electron chi connectivity index (χ1n) is 2.52. The molecule has 0 saturated carbocycles. The van der Waals surface area contributed by atoms with Gasteiger partial charge in [-0.2, -0.15) is 5.01 Å². The molecule has 1 heterocycles. The van der Waals surface area contributed by atoms with Gasteiger partial charge in [0.2, 0.25) is 0 Å². The van der Waals surface area contributed by atoms with E-state index in [9.17, 15) is 4.79 Å². The van der Waals surface area contributed by atoms with Crippen LogP contribution in [-0.4, -0.2) is 16.2 Å². The number of carboxylic acid groups (broad SMARTS) is 1. The number of nitrogens with one attached hydrogen (secondary N) is 1. The van der Waals surface area contributed by atoms with Crippen LogP contribution in [0.5, 0.6) is 0 Å². The first kappa shape index (κ1) is 6.95. The Morgan fingerprint density at radius 3 is 2.90 bits per heavy atom. The summed E-state index contributed by atoms with van der Waals surface area (Å²) in [7, 11) is 0. The topological polar surface area (TPSA) is 52.6 Å². The molecule has 2 N–H and O–H groups in total. The summed E-state index contributed by atoms with van der Waals surface area (Å²) < 4.78 is 0. The average molecular weight is 161 g/mol. The van der Waals surface area contributed by atoms with E-state index in [-0.39, 0.29) is 0 Å². The number of amides is 1. The van der Waals surface area contributed by atoms with Crippen LogP contribution < -0.4 is 5.43 Å². The molecular weight excluding hydrogens is 156 g/mol. The van der Waals surface area contributed by atoms with Crippen LogP contribution in [-0.2, 0) is 0 Å². The van der Waals surface area contributed by atoms with Crippen molar-refractivity contribution in [3.63, 3.8) is 0 Å². The smallest absolute Gasteiger partial charge is 0.430 e. The summed E-state index contributed by atoms with van der Waals surface area (Å²) in [6, 6.07) is 0. The fourth-order valence-electron chi connectivity index (χ4n) is 0.511.